The van der Waals surface area contributed by atoms with Gasteiger partial charge in [0.25, 0.3) is 5.56 Å². The van der Waals surface area contributed by atoms with Crippen LogP contribution in [0, 0.1) is 6.92 Å². The van der Waals surface area contributed by atoms with Crippen molar-refractivity contribution in [2.24, 2.45) is 0 Å². The second-order valence-corrected chi connectivity index (χ2v) is 4.07. The van der Waals surface area contributed by atoms with Gasteiger partial charge in [0.05, 0.1) is 10.7 Å². The predicted octanol–water partition coefficient (Wildman–Crippen LogP) is 2.69. The van der Waals surface area contributed by atoms with Gasteiger partial charge in [-0.1, -0.05) is 30.7 Å². The van der Waals surface area contributed by atoms with E-state index in [1.54, 1.807) is 6.07 Å². The maximum absolute atomic E-state index is 12.0. The molecule has 0 unspecified atom stereocenters. The topological polar surface area (TPSA) is 37.8 Å². The van der Waals surface area contributed by atoms with Crippen LogP contribution in [-0.2, 0) is 6.42 Å². The molecule has 2 rings (SSSR count). The first-order valence-corrected chi connectivity index (χ1v) is 5.58. The Balaban J connectivity index is 2.67. The fourth-order valence-corrected chi connectivity index (χ4v) is 2.02. The quantitative estimate of drug-likeness (QED) is 0.856. The van der Waals surface area contributed by atoms with Crippen LogP contribution in [0.1, 0.15) is 18.2 Å². The summed E-state index contributed by atoms with van der Waals surface area (Å²) in [5, 5.41) is 3.60. The number of aromatic nitrogens is 2. The molecule has 16 heavy (non-hydrogen) atoms. The average molecular weight is 237 g/mol. The Morgan fingerprint density at radius 2 is 2.06 bits per heavy atom. The van der Waals surface area contributed by atoms with E-state index >= 15 is 0 Å². The van der Waals surface area contributed by atoms with Gasteiger partial charge in [-0.05, 0) is 25.5 Å². The SMILES string of the molecule is CCc1c(C)[nH]n(-c2ccccc2Cl)c1=O. The number of aryl methyl sites for hydroxylation is 1. The summed E-state index contributed by atoms with van der Waals surface area (Å²) in [6.45, 7) is 3.86. The Bertz CT molecular complexity index is 569. The number of halogens is 1. The average Bonchev–Trinajstić information content (AvgIpc) is 2.55. The minimum atomic E-state index is -0.0203. The second kappa shape index (κ2) is 4.18. The van der Waals surface area contributed by atoms with Gasteiger partial charge < -0.3 is 0 Å². The molecule has 4 heteroatoms. The van der Waals surface area contributed by atoms with Gasteiger partial charge in [-0.15, -0.1) is 0 Å². The minimum Gasteiger partial charge on any atom is -0.295 e. The fraction of sp³-hybridized carbons (Fsp3) is 0.250. The highest BCUT2D eigenvalue weighted by Gasteiger charge is 2.11. The minimum absolute atomic E-state index is 0.0203. The van der Waals surface area contributed by atoms with E-state index < -0.39 is 0 Å². The van der Waals surface area contributed by atoms with Gasteiger partial charge in [-0.2, -0.15) is 0 Å². The molecule has 3 nitrogen and oxygen atoms in total. The number of nitrogens with one attached hydrogen (secondary N) is 1. The van der Waals surface area contributed by atoms with E-state index in [1.807, 2.05) is 32.0 Å². The molecule has 0 saturated heterocycles. The Hall–Kier alpha value is -1.48. The highest BCUT2D eigenvalue weighted by atomic mass is 35.5. The first-order valence-electron chi connectivity index (χ1n) is 5.20. The molecule has 0 atom stereocenters. The largest absolute Gasteiger partial charge is 0.295 e. The number of para-hydroxylation sites is 1. The monoisotopic (exact) mass is 236 g/mol. The number of benzene rings is 1. The molecule has 1 heterocycles. The van der Waals surface area contributed by atoms with Crippen molar-refractivity contribution in [1.82, 2.24) is 9.78 Å². The third-order valence-electron chi connectivity index (χ3n) is 2.64. The maximum atomic E-state index is 12.0. The smallest absolute Gasteiger partial charge is 0.274 e. The molecule has 1 aromatic carbocycles. The lowest BCUT2D eigenvalue weighted by atomic mass is 10.2. The lowest BCUT2D eigenvalue weighted by molar-refractivity contribution is 0.834. The maximum Gasteiger partial charge on any atom is 0.274 e. The van der Waals surface area contributed by atoms with E-state index in [2.05, 4.69) is 5.10 Å². The molecule has 0 radical (unpaired) electrons. The summed E-state index contributed by atoms with van der Waals surface area (Å²) >= 11 is 6.06. The van der Waals surface area contributed by atoms with Crippen molar-refractivity contribution in [2.75, 3.05) is 0 Å². The lowest BCUT2D eigenvalue weighted by Gasteiger charge is -2.03. The van der Waals surface area contributed by atoms with Gasteiger partial charge >= 0.3 is 0 Å². The van der Waals surface area contributed by atoms with Crippen LogP contribution < -0.4 is 5.56 Å². The van der Waals surface area contributed by atoms with Crippen LogP contribution in [0.5, 0.6) is 0 Å². The van der Waals surface area contributed by atoms with Gasteiger partial charge in [0.1, 0.15) is 0 Å². The zero-order valence-corrected chi connectivity index (χ0v) is 10.0. The first kappa shape index (κ1) is 11.0. The van der Waals surface area contributed by atoms with E-state index in [-0.39, 0.29) is 5.56 Å². The molecular weight excluding hydrogens is 224 g/mol. The summed E-state index contributed by atoms with van der Waals surface area (Å²) in [6.07, 6.45) is 0.721. The van der Waals surface area contributed by atoms with Gasteiger partial charge in [0, 0.05) is 11.3 Å². The highest BCUT2D eigenvalue weighted by Crippen LogP contribution is 2.18. The normalized spacial score (nSPS) is 10.7. The van der Waals surface area contributed by atoms with E-state index in [1.165, 1.54) is 4.68 Å². The number of nitrogens with zero attached hydrogens (tertiary/aromatic N) is 1. The van der Waals surface area contributed by atoms with E-state index in [0.717, 1.165) is 17.7 Å². The van der Waals surface area contributed by atoms with Crippen LogP contribution in [-0.4, -0.2) is 9.78 Å². The molecule has 0 aliphatic rings. The van der Waals surface area contributed by atoms with Crippen LogP contribution in [0.2, 0.25) is 5.02 Å². The molecule has 0 bridgehead atoms. The van der Waals surface area contributed by atoms with Gasteiger partial charge in [0.15, 0.2) is 0 Å². The molecular formula is C12H13ClN2O. The Labute approximate surface area is 98.7 Å². The molecule has 0 saturated carbocycles. The van der Waals surface area contributed by atoms with Crippen LogP contribution in [0.4, 0.5) is 0 Å². The third kappa shape index (κ3) is 1.67. The van der Waals surface area contributed by atoms with Gasteiger partial charge in [-0.3, -0.25) is 9.89 Å². The molecule has 0 aliphatic heterocycles. The molecule has 1 N–H and O–H groups in total. The Morgan fingerprint density at radius 3 is 2.62 bits per heavy atom. The first-order chi connectivity index (χ1) is 7.65. The zero-order valence-electron chi connectivity index (χ0n) is 9.25. The van der Waals surface area contributed by atoms with E-state index in [0.29, 0.717) is 10.7 Å². The fourth-order valence-electron chi connectivity index (χ4n) is 1.80. The summed E-state index contributed by atoms with van der Waals surface area (Å²) in [5.41, 5.74) is 2.37. The molecule has 1 aromatic heterocycles. The second-order valence-electron chi connectivity index (χ2n) is 3.66. The lowest BCUT2D eigenvalue weighted by Crippen LogP contribution is -2.17. The van der Waals surface area contributed by atoms with Crippen molar-refractivity contribution in [3.8, 4) is 5.69 Å². The summed E-state index contributed by atoms with van der Waals surface area (Å²) in [5.74, 6) is 0. The molecule has 0 amide bonds. The summed E-state index contributed by atoms with van der Waals surface area (Å²) in [7, 11) is 0. The van der Waals surface area contributed by atoms with Crippen molar-refractivity contribution < 1.29 is 0 Å². The van der Waals surface area contributed by atoms with Crippen molar-refractivity contribution in [3.63, 3.8) is 0 Å². The summed E-state index contributed by atoms with van der Waals surface area (Å²) < 4.78 is 1.50. The van der Waals surface area contributed by atoms with Crippen LogP contribution in [0.25, 0.3) is 5.69 Å². The third-order valence-corrected chi connectivity index (χ3v) is 2.96. The van der Waals surface area contributed by atoms with E-state index in [4.69, 9.17) is 11.6 Å². The molecule has 0 aliphatic carbocycles. The van der Waals surface area contributed by atoms with Crippen molar-refractivity contribution in [1.29, 1.82) is 0 Å². The predicted molar refractivity (Wildman–Crippen MR) is 65.5 cm³/mol. The Morgan fingerprint density at radius 1 is 1.38 bits per heavy atom. The zero-order chi connectivity index (χ0) is 11.7. The van der Waals surface area contributed by atoms with Gasteiger partial charge in [-0.25, -0.2) is 4.68 Å². The molecule has 84 valence electrons. The standard InChI is InChI=1S/C12H13ClN2O/c1-3-9-8(2)14-15(12(9)16)11-7-5-4-6-10(11)13/h4-7,14H,3H2,1-2H3. The van der Waals surface area contributed by atoms with Crippen LogP contribution in [0.15, 0.2) is 29.1 Å². The number of hydrogen-bond donors (Lipinski definition) is 1. The van der Waals surface area contributed by atoms with Crippen LogP contribution in [0.3, 0.4) is 0 Å². The number of hydrogen-bond acceptors (Lipinski definition) is 1. The van der Waals surface area contributed by atoms with Crippen molar-refractivity contribution in [2.45, 2.75) is 20.3 Å². The number of aromatic amines is 1. The van der Waals surface area contributed by atoms with Crippen molar-refractivity contribution >= 4 is 11.6 Å². The summed E-state index contributed by atoms with van der Waals surface area (Å²) in [4.78, 5) is 12.0. The molecule has 0 spiro atoms. The van der Waals surface area contributed by atoms with Crippen LogP contribution >= 0.6 is 11.6 Å². The van der Waals surface area contributed by atoms with Gasteiger partial charge in [0.2, 0.25) is 0 Å². The number of rotatable bonds is 2. The Kier molecular flexibility index (Phi) is 2.88. The molecule has 0 fully saturated rings. The number of H-pyrrole nitrogens is 1. The van der Waals surface area contributed by atoms with E-state index in [9.17, 15) is 4.79 Å². The highest BCUT2D eigenvalue weighted by molar-refractivity contribution is 6.32. The summed E-state index contributed by atoms with van der Waals surface area (Å²) in [6, 6.07) is 7.28. The molecule has 2 aromatic rings. The van der Waals surface area contributed by atoms with Crippen molar-refractivity contribution in [3.05, 3.63) is 50.9 Å².